The van der Waals surface area contributed by atoms with Gasteiger partial charge in [-0.25, -0.2) is 0 Å². The van der Waals surface area contributed by atoms with Crippen molar-refractivity contribution < 1.29 is 0 Å². The van der Waals surface area contributed by atoms with Crippen molar-refractivity contribution in [3.63, 3.8) is 0 Å². The van der Waals surface area contributed by atoms with Gasteiger partial charge in [0.25, 0.3) is 0 Å². The number of nitrogens with one attached hydrogen (secondary N) is 1. The summed E-state index contributed by atoms with van der Waals surface area (Å²) in [5.74, 6) is 0.275. The SMILES string of the molecule is N#CC1CCC(Nc2cccnc2)CC1. The van der Waals surface area contributed by atoms with E-state index < -0.39 is 0 Å². The zero-order chi connectivity index (χ0) is 10.5. The average molecular weight is 201 g/mol. The highest BCUT2D eigenvalue weighted by Crippen LogP contribution is 2.25. The highest BCUT2D eigenvalue weighted by molar-refractivity contribution is 5.40. The molecule has 0 aromatic carbocycles. The fourth-order valence-electron chi connectivity index (χ4n) is 2.05. The molecule has 0 spiro atoms. The maximum absolute atomic E-state index is 8.79. The van der Waals surface area contributed by atoms with Crippen LogP contribution in [0.1, 0.15) is 25.7 Å². The predicted octanol–water partition coefficient (Wildman–Crippen LogP) is 2.58. The van der Waals surface area contributed by atoms with E-state index in [-0.39, 0.29) is 5.92 Å². The van der Waals surface area contributed by atoms with E-state index in [1.807, 2.05) is 18.3 Å². The van der Waals surface area contributed by atoms with E-state index in [9.17, 15) is 0 Å². The molecule has 1 aromatic heterocycles. The lowest BCUT2D eigenvalue weighted by Crippen LogP contribution is -2.25. The maximum Gasteiger partial charge on any atom is 0.0655 e. The molecule has 0 aliphatic heterocycles. The van der Waals surface area contributed by atoms with Gasteiger partial charge in [0.15, 0.2) is 0 Å². The Kier molecular flexibility index (Phi) is 3.18. The summed E-state index contributed by atoms with van der Waals surface area (Å²) < 4.78 is 0. The normalized spacial score (nSPS) is 25.5. The molecule has 0 unspecified atom stereocenters. The Bertz CT molecular complexity index is 334. The molecule has 1 aliphatic rings. The molecule has 1 saturated carbocycles. The molecule has 1 N–H and O–H groups in total. The van der Waals surface area contributed by atoms with Crippen LogP contribution in [0.5, 0.6) is 0 Å². The number of rotatable bonds is 2. The fraction of sp³-hybridized carbons (Fsp3) is 0.500. The zero-order valence-electron chi connectivity index (χ0n) is 8.69. The Morgan fingerprint density at radius 3 is 2.73 bits per heavy atom. The highest BCUT2D eigenvalue weighted by atomic mass is 14.9. The van der Waals surface area contributed by atoms with Gasteiger partial charge in [-0.2, -0.15) is 5.26 Å². The van der Waals surface area contributed by atoms with Crippen molar-refractivity contribution in [2.45, 2.75) is 31.7 Å². The van der Waals surface area contributed by atoms with Crippen molar-refractivity contribution in [1.29, 1.82) is 5.26 Å². The third kappa shape index (κ3) is 2.69. The summed E-state index contributed by atoms with van der Waals surface area (Å²) in [7, 11) is 0. The highest BCUT2D eigenvalue weighted by Gasteiger charge is 2.20. The van der Waals surface area contributed by atoms with E-state index in [1.165, 1.54) is 0 Å². The van der Waals surface area contributed by atoms with Gasteiger partial charge in [0, 0.05) is 24.4 Å². The predicted molar refractivity (Wildman–Crippen MR) is 59.2 cm³/mol. The quantitative estimate of drug-likeness (QED) is 0.800. The average Bonchev–Trinajstić information content (AvgIpc) is 2.31. The van der Waals surface area contributed by atoms with Gasteiger partial charge in [-0.3, -0.25) is 4.98 Å². The number of pyridine rings is 1. The maximum atomic E-state index is 8.79. The van der Waals surface area contributed by atoms with Crippen LogP contribution in [-0.4, -0.2) is 11.0 Å². The number of nitrogens with zero attached hydrogens (tertiary/aromatic N) is 2. The fourth-order valence-corrected chi connectivity index (χ4v) is 2.05. The molecule has 2 rings (SSSR count). The van der Waals surface area contributed by atoms with Gasteiger partial charge in [-0.15, -0.1) is 0 Å². The lowest BCUT2D eigenvalue weighted by atomic mass is 9.87. The van der Waals surface area contributed by atoms with Crippen molar-refractivity contribution in [2.75, 3.05) is 5.32 Å². The molecule has 0 saturated heterocycles. The van der Waals surface area contributed by atoms with Crippen LogP contribution < -0.4 is 5.32 Å². The first-order chi connectivity index (χ1) is 7.38. The molecule has 0 amide bonds. The number of hydrogen-bond donors (Lipinski definition) is 1. The van der Waals surface area contributed by atoms with Crippen molar-refractivity contribution in [2.24, 2.45) is 5.92 Å². The lowest BCUT2D eigenvalue weighted by molar-refractivity contribution is 0.397. The first-order valence-electron chi connectivity index (χ1n) is 5.44. The molecule has 1 fully saturated rings. The first kappa shape index (κ1) is 9.97. The van der Waals surface area contributed by atoms with E-state index in [4.69, 9.17) is 5.26 Å². The lowest BCUT2D eigenvalue weighted by Gasteiger charge is -2.26. The van der Waals surface area contributed by atoms with Crippen LogP contribution in [0.15, 0.2) is 24.5 Å². The molecule has 0 atom stereocenters. The molecule has 15 heavy (non-hydrogen) atoms. The Hall–Kier alpha value is -1.56. The summed E-state index contributed by atoms with van der Waals surface area (Å²) in [6, 6.07) is 6.83. The molecular formula is C12H15N3. The molecule has 3 heteroatoms. The van der Waals surface area contributed by atoms with Crippen LogP contribution in [0.25, 0.3) is 0 Å². The number of nitriles is 1. The Balaban J connectivity index is 1.85. The van der Waals surface area contributed by atoms with Crippen molar-refractivity contribution in [1.82, 2.24) is 4.98 Å². The van der Waals surface area contributed by atoms with E-state index >= 15 is 0 Å². The number of hydrogen-bond acceptors (Lipinski definition) is 3. The summed E-state index contributed by atoms with van der Waals surface area (Å²) in [6.07, 6.45) is 7.84. The largest absolute Gasteiger partial charge is 0.381 e. The molecular weight excluding hydrogens is 186 g/mol. The van der Waals surface area contributed by atoms with E-state index in [2.05, 4.69) is 16.4 Å². The van der Waals surface area contributed by atoms with Crippen LogP contribution in [0.3, 0.4) is 0 Å². The second kappa shape index (κ2) is 4.79. The Morgan fingerprint density at radius 2 is 2.13 bits per heavy atom. The first-order valence-corrected chi connectivity index (χ1v) is 5.44. The summed E-state index contributed by atoms with van der Waals surface area (Å²) in [6.45, 7) is 0. The van der Waals surface area contributed by atoms with Gasteiger partial charge in [-0.1, -0.05) is 0 Å². The van der Waals surface area contributed by atoms with Crippen LogP contribution >= 0.6 is 0 Å². The van der Waals surface area contributed by atoms with Crippen LogP contribution in [-0.2, 0) is 0 Å². The van der Waals surface area contributed by atoms with Crippen LogP contribution in [0, 0.1) is 17.2 Å². The monoisotopic (exact) mass is 201 g/mol. The van der Waals surface area contributed by atoms with Crippen LogP contribution in [0.4, 0.5) is 5.69 Å². The Morgan fingerprint density at radius 1 is 1.33 bits per heavy atom. The number of aromatic nitrogens is 1. The third-order valence-corrected chi connectivity index (χ3v) is 2.94. The smallest absolute Gasteiger partial charge is 0.0655 e. The van der Waals surface area contributed by atoms with E-state index in [1.54, 1.807) is 6.20 Å². The summed E-state index contributed by atoms with van der Waals surface area (Å²) in [5.41, 5.74) is 1.08. The topological polar surface area (TPSA) is 48.7 Å². The zero-order valence-corrected chi connectivity index (χ0v) is 8.69. The summed E-state index contributed by atoms with van der Waals surface area (Å²) >= 11 is 0. The van der Waals surface area contributed by atoms with E-state index in [0.717, 1.165) is 31.4 Å². The van der Waals surface area contributed by atoms with Gasteiger partial charge < -0.3 is 5.32 Å². The molecule has 0 bridgehead atoms. The van der Waals surface area contributed by atoms with E-state index in [0.29, 0.717) is 6.04 Å². The third-order valence-electron chi connectivity index (χ3n) is 2.94. The molecule has 1 aliphatic carbocycles. The Labute approximate surface area is 90.1 Å². The van der Waals surface area contributed by atoms with Crippen molar-refractivity contribution in [3.8, 4) is 6.07 Å². The van der Waals surface area contributed by atoms with Gasteiger partial charge in [0.05, 0.1) is 11.8 Å². The minimum Gasteiger partial charge on any atom is -0.381 e. The van der Waals surface area contributed by atoms with Crippen molar-refractivity contribution >= 4 is 5.69 Å². The van der Waals surface area contributed by atoms with Gasteiger partial charge in [-0.05, 0) is 37.8 Å². The number of anilines is 1. The molecule has 1 aromatic rings. The summed E-state index contributed by atoms with van der Waals surface area (Å²) in [4.78, 5) is 4.07. The van der Waals surface area contributed by atoms with Crippen LogP contribution in [0.2, 0.25) is 0 Å². The minimum absolute atomic E-state index is 0.275. The molecule has 78 valence electrons. The molecule has 1 heterocycles. The minimum atomic E-state index is 0.275. The molecule has 3 nitrogen and oxygen atoms in total. The summed E-state index contributed by atoms with van der Waals surface area (Å²) in [5, 5.41) is 12.2. The standard InChI is InChI=1S/C12H15N3/c13-8-10-3-5-11(6-4-10)15-12-2-1-7-14-9-12/h1-2,7,9-11,15H,3-6H2. The van der Waals surface area contributed by atoms with Gasteiger partial charge in [0.2, 0.25) is 0 Å². The van der Waals surface area contributed by atoms with Gasteiger partial charge >= 0.3 is 0 Å². The van der Waals surface area contributed by atoms with Crippen molar-refractivity contribution in [3.05, 3.63) is 24.5 Å². The van der Waals surface area contributed by atoms with Gasteiger partial charge in [0.1, 0.15) is 0 Å². The molecule has 0 radical (unpaired) electrons. The second-order valence-electron chi connectivity index (χ2n) is 4.06. The second-order valence-corrected chi connectivity index (χ2v) is 4.06.